The molecule has 0 unspecified atom stereocenters. The van der Waals surface area contributed by atoms with Gasteiger partial charge in [-0.1, -0.05) is 60.7 Å². The van der Waals surface area contributed by atoms with Crippen molar-refractivity contribution in [3.8, 4) is 5.75 Å². The van der Waals surface area contributed by atoms with Gasteiger partial charge in [-0.15, -0.1) is 0 Å². The summed E-state index contributed by atoms with van der Waals surface area (Å²) in [5, 5.41) is 14.2. The van der Waals surface area contributed by atoms with E-state index >= 15 is 0 Å². The zero-order valence-corrected chi connectivity index (χ0v) is 20.1. The van der Waals surface area contributed by atoms with Crippen molar-refractivity contribution >= 4 is 44.5 Å². The average molecular weight is 446 g/mol. The Morgan fingerprint density at radius 1 is 0.879 bits per heavy atom. The average Bonchev–Trinajstić information content (AvgIpc) is 3.10. The molecule has 1 heterocycles. The Labute approximate surface area is 211 Å². The number of benzene rings is 4. The number of rotatable bonds is 6. The molecule has 0 aliphatic carbocycles. The monoisotopic (exact) mass is 446 g/mol. The summed E-state index contributed by atoms with van der Waals surface area (Å²) in [6.45, 7) is -0.0471. The van der Waals surface area contributed by atoms with Crippen LogP contribution in [-0.4, -0.2) is 23.1 Å². The van der Waals surface area contributed by atoms with Gasteiger partial charge < -0.3 is 24.9 Å². The van der Waals surface area contributed by atoms with E-state index in [0.29, 0.717) is 28.6 Å². The Balaban J connectivity index is 0.00000259. The Morgan fingerprint density at radius 2 is 1.61 bits per heavy atom. The first kappa shape index (κ1) is 22.9. The van der Waals surface area contributed by atoms with Crippen LogP contribution in [0.2, 0.25) is 0 Å². The van der Waals surface area contributed by atoms with E-state index in [1.165, 1.54) is 0 Å². The van der Waals surface area contributed by atoms with Crippen molar-refractivity contribution in [3.05, 3.63) is 90.0 Å². The number of hydrogen-bond acceptors (Lipinski definition) is 4. The minimum absolute atomic E-state index is 0. The van der Waals surface area contributed by atoms with E-state index in [-0.39, 0.29) is 29.6 Å². The topological polar surface area (TPSA) is 97.4 Å². The molecule has 7 heteroatoms. The molecule has 6 nitrogen and oxygen atoms in total. The summed E-state index contributed by atoms with van der Waals surface area (Å²) in [5.41, 5.74) is 8.80. The molecule has 1 aromatic heterocycles. The van der Waals surface area contributed by atoms with Crippen LogP contribution in [0.15, 0.2) is 78.9 Å². The van der Waals surface area contributed by atoms with Crippen LogP contribution >= 0.6 is 0 Å². The van der Waals surface area contributed by atoms with Gasteiger partial charge in [-0.3, -0.25) is 4.79 Å². The second kappa shape index (κ2) is 9.27. The number of aliphatic carboxylic acids is 1. The molecule has 1 amide bonds. The second-order valence-electron chi connectivity index (χ2n) is 7.62. The maximum atomic E-state index is 12.3. The number of nitrogens with two attached hydrogens (primary N) is 1. The van der Waals surface area contributed by atoms with Crippen LogP contribution in [0.4, 0.5) is 0 Å². The van der Waals surface area contributed by atoms with Gasteiger partial charge in [0.1, 0.15) is 12.4 Å². The molecule has 0 bridgehead atoms. The van der Waals surface area contributed by atoms with Crippen molar-refractivity contribution in [2.75, 3.05) is 6.61 Å². The predicted octanol–water partition coefficient (Wildman–Crippen LogP) is 0.228. The zero-order chi connectivity index (χ0) is 22.2. The molecule has 0 aliphatic rings. The molecule has 0 spiro atoms. The van der Waals surface area contributed by atoms with E-state index in [9.17, 15) is 14.7 Å². The standard InChI is InChI=1S/C26H20N2O4.Na/c27-26(31)19-11-6-12-20-23(19)24-21(28(20)14-16-7-2-1-3-8-16)13-17-9-4-5-10-18(17)25(24)32-15-22(29)30;/h1-13H,14-15H2,(H2,27,31)(H,29,30);/q;+1/p-1. The molecule has 2 N–H and O–H groups in total. The van der Waals surface area contributed by atoms with Gasteiger partial charge in [0.25, 0.3) is 0 Å². The maximum absolute atomic E-state index is 12.3. The molecule has 4 aromatic carbocycles. The first-order valence-corrected chi connectivity index (χ1v) is 10.2. The molecule has 0 atom stereocenters. The summed E-state index contributed by atoms with van der Waals surface area (Å²) in [7, 11) is 0. The number of carbonyl (C=O) groups is 2. The van der Waals surface area contributed by atoms with Gasteiger partial charge in [0.05, 0.1) is 22.4 Å². The van der Waals surface area contributed by atoms with Gasteiger partial charge in [0, 0.05) is 22.9 Å². The Hall–Kier alpha value is -3.32. The maximum Gasteiger partial charge on any atom is 1.00 e. The molecule has 0 fully saturated rings. The van der Waals surface area contributed by atoms with E-state index in [1.54, 1.807) is 12.1 Å². The molecule has 0 saturated carbocycles. The first-order valence-electron chi connectivity index (χ1n) is 10.2. The summed E-state index contributed by atoms with van der Waals surface area (Å²) in [4.78, 5) is 23.5. The number of hydrogen-bond donors (Lipinski definition) is 1. The van der Waals surface area contributed by atoms with E-state index in [1.807, 2.05) is 66.7 Å². The largest absolute Gasteiger partial charge is 1.00 e. The molecule has 0 radical (unpaired) electrons. The van der Waals surface area contributed by atoms with Crippen LogP contribution < -0.4 is 45.1 Å². The third kappa shape index (κ3) is 4.09. The third-order valence-corrected chi connectivity index (χ3v) is 5.64. The van der Waals surface area contributed by atoms with Crippen LogP contribution in [0.1, 0.15) is 15.9 Å². The fourth-order valence-corrected chi connectivity index (χ4v) is 4.33. The van der Waals surface area contributed by atoms with E-state index in [0.717, 1.165) is 27.4 Å². The predicted molar refractivity (Wildman–Crippen MR) is 122 cm³/mol. The van der Waals surface area contributed by atoms with Crippen molar-refractivity contribution < 1.29 is 49.0 Å². The van der Waals surface area contributed by atoms with E-state index in [2.05, 4.69) is 4.57 Å². The van der Waals surface area contributed by atoms with Gasteiger partial charge >= 0.3 is 29.6 Å². The fourth-order valence-electron chi connectivity index (χ4n) is 4.33. The Morgan fingerprint density at radius 3 is 2.33 bits per heavy atom. The summed E-state index contributed by atoms with van der Waals surface area (Å²) in [6.07, 6.45) is 0. The summed E-state index contributed by atoms with van der Waals surface area (Å²) in [6, 6.07) is 25.0. The fraction of sp³-hybridized carbons (Fsp3) is 0.0769. The Kier molecular flexibility index (Phi) is 6.42. The second-order valence-corrected chi connectivity index (χ2v) is 7.62. The minimum Gasteiger partial charge on any atom is -0.546 e. The number of ether oxygens (including phenoxy) is 1. The normalized spacial score (nSPS) is 10.9. The summed E-state index contributed by atoms with van der Waals surface area (Å²) in [5.74, 6) is -1.49. The van der Waals surface area contributed by atoms with Gasteiger partial charge in [-0.2, -0.15) is 0 Å². The molecule has 158 valence electrons. The van der Waals surface area contributed by atoms with E-state index in [4.69, 9.17) is 10.5 Å². The number of amides is 1. The molecule has 0 saturated heterocycles. The van der Waals surface area contributed by atoms with Crippen molar-refractivity contribution in [1.29, 1.82) is 0 Å². The molecule has 5 rings (SSSR count). The van der Waals surface area contributed by atoms with Gasteiger partial charge in [-0.05, 0) is 29.1 Å². The molecule has 33 heavy (non-hydrogen) atoms. The number of carboxylic acids is 1. The molecular formula is C26H19N2NaO4. The molecular weight excluding hydrogens is 427 g/mol. The smallest absolute Gasteiger partial charge is 0.546 e. The first-order chi connectivity index (χ1) is 15.5. The van der Waals surface area contributed by atoms with Crippen molar-refractivity contribution in [3.63, 3.8) is 0 Å². The van der Waals surface area contributed by atoms with Gasteiger partial charge in [0.2, 0.25) is 5.91 Å². The van der Waals surface area contributed by atoms with E-state index < -0.39 is 18.5 Å². The number of nitrogens with zero attached hydrogens (tertiary/aromatic N) is 1. The van der Waals surface area contributed by atoms with Crippen molar-refractivity contribution in [2.45, 2.75) is 6.54 Å². The number of fused-ring (bicyclic) bond motifs is 4. The third-order valence-electron chi connectivity index (χ3n) is 5.64. The summed E-state index contributed by atoms with van der Waals surface area (Å²) < 4.78 is 7.87. The quantitative estimate of drug-likeness (QED) is 0.378. The van der Waals surface area contributed by atoms with Crippen LogP contribution in [0.5, 0.6) is 5.75 Å². The van der Waals surface area contributed by atoms with Gasteiger partial charge in [-0.25, -0.2) is 0 Å². The molecule has 0 aliphatic heterocycles. The van der Waals surface area contributed by atoms with Crippen molar-refractivity contribution in [2.24, 2.45) is 5.73 Å². The number of carbonyl (C=O) groups excluding carboxylic acids is 2. The zero-order valence-electron chi connectivity index (χ0n) is 18.1. The number of aromatic nitrogens is 1. The number of carboxylic acid groups (broad SMARTS) is 1. The SMILES string of the molecule is NC(=O)c1cccc2c1c1c(OCC(=O)[O-])c3ccccc3cc1n2Cc1ccccc1.[Na+]. The van der Waals surface area contributed by atoms with Crippen LogP contribution in [0, 0.1) is 0 Å². The number of primary amides is 1. The van der Waals surface area contributed by atoms with Crippen molar-refractivity contribution in [1.82, 2.24) is 4.57 Å². The van der Waals surface area contributed by atoms with Gasteiger partial charge in [0.15, 0.2) is 0 Å². The van der Waals surface area contributed by atoms with Crippen LogP contribution in [0.25, 0.3) is 32.6 Å². The molecule has 5 aromatic rings. The summed E-state index contributed by atoms with van der Waals surface area (Å²) >= 11 is 0. The minimum atomic E-state index is -1.32. The van der Waals surface area contributed by atoms with Crippen LogP contribution in [-0.2, 0) is 11.3 Å². The van der Waals surface area contributed by atoms with Crippen LogP contribution in [0.3, 0.4) is 0 Å². The Bertz CT molecular complexity index is 1510.